The fraction of sp³-hybridized carbons (Fsp3) is 0.500. The fourth-order valence-corrected chi connectivity index (χ4v) is 0.665. The highest BCUT2D eigenvalue weighted by Crippen LogP contribution is 1.95. The summed E-state index contributed by atoms with van der Waals surface area (Å²) < 4.78 is 0. The molecular formula is C4H5O4S-. The van der Waals surface area contributed by atoms with Crippen LogP contribution in [-0.4, -0.2) is 28.6 Å². The second kappa shape index (κ2) is 4.20. The molecular weight excluding hydrogens is 144 g/mol. The van der Waals surface area contributed by atoms with E-state index in [0.717, 1.165) is 11.8 Å². The molecule has 0 bridgehead atoms. The van der Waals surface area contributed by atoms with E-state index in [9.17, 15) is 14.7 Å². The fourth-order valence-electron chi connectivity index (χ4n) is 0.222. The molecule has 0 unspecified atom stereocenters. The molecule has 0 rings (SSSR count). The summed E-state index contributed by atoms with van der Waals surface area (Å²) in [5.41, 5.74) is 0. The van der Waals surface area contributed by atoms with E-state index in [1.165, 1.54) is 0 Å². The molecule has 0 aromatic rings. The Bertz CT molecular complexity index is 108. The molecule has 0 amide bonds. The number of carbonyl (C=O) groups excluding carboxylic acids is 1. The normalized spacial score (nSPS) is 8.89. The van der Waals surface area contributed by atoms with Crippen molar-refractivity contribution in [2.45, 2.75) is 0 Å². The van der Waals surface area contributed by atoms with Gasteiger partial charge in [0.15, 0.2) is 0 Å². The van der Waals surface area contributed by atoms with Crippen LogP contribution in [-0.2, 0) is 9.59 Å². The first kappa shape index (κ1) is 8.29. The maximum atomic E-state index is 9.75. The zero-order chi connectivity index (χ0) is 7.28. The van der Waals surface area contributed by atoms with Gasteiger partial charge in [-0.15, -0.1) is 11.8 Å². The second-order valence-corrected chi connectivity index (χ2v) is 2.24. The minimum absolute atomic E-state index is 0.187. The summed E-state index contributed by atoms with van der Waals surface area (Å²) >= 11 is 0.808. The number of carboxylic acid groups (broad SMARTS) is 2. The van der Waals surface area contributed by atoms with Crippen LogP contribution in [0.4, 0.5) is 0 Å². The van der Waals surface area contributed by atoms with Gasteiger partial charge in [-0.05, 0) is 0 Å². The molecule has 0 spiro atoms. The Kier molecular flexibility index (Phi) is 3.87. The maximum Gasteiger partial charge on any atom is 0.313 e. The number of carbonyl (C=O) groups is 2. The van der Waals surface area contributed by atoms with E-state index < -0.39 is 11.9 Å². The van der Waals surface area contributed by atoms with Gasteiger partial charge in [-0.25, -0.2) is 0 Å². The average molecular weight is 149 g/mol. The van der Waals surface area contributed by atoms with Gasteiger partial charge in [-0.3, -0.25) is 4.79 Å². The van der Waals surface area contributed by atoms with Crippen molar-refractivity contribution < 1.29 is 19.8 Å². The van der Waals surface area contributed by atoms with Crippen molar-refractivity contribution >= 4 is 23.7 Å². The van der Waals surface area contributed by atoms with E-state index >= 15 is 0 Å². The summed E-state index contributed by atoms with van der Waals surface area (Å²) in [6.45, 7) is 0. The van der Waals surface area contributed by atoms with Gasteiger partial charge in [0.2, 0.25) is 0 Å². The molecule has 0 atom stereocenters. The van der Waals surface area contributed by atoms with Crippen LogP contribution in [0.3, 0.4) is 0 Å². The number of hydrogen-bond acceptors (Lipinski definition) is 4. The summed E-state index contributed by atoms with van der Waals surface area (Å²) in [5.74, 6) is -2.69. The molecule has 52 valence electrons. The van der Waals surface area contributed by atoms with Gasteiger partial charge in [0.25, 0.3) is 0 Å². The van der Waals surface area contributed by atoms with Crippen LogP contribution in [0.2, 0.25) is 0 Å². The Balaban J connectivity index is 3.10. The number of thioether (sulfide) groups is 1. The maximum absolute atomic E-state index is 9.75. The standard InChI is InChI=1S/C4H6O4S/c5-3(6)1-9-2-4(7)8/h1-2H2,(H,5,6)(H,7,8)/p-1. The smallest absolute Gasteiger partial charge is 0.313 e. The van der Waals surface area contributed by atoms with E-state index in [0.29, 0.717) is 0 Å². The van der Waals surface area contributed by atoms with Gasteiger partial charge in [-0.2, -0.15) is 0 Å². The van der Waals surface area contributed by atoms with Gasteiger partial charge in [-0.1, -0.05) is 0 Å². The molecule has 9 heavy (non-hydrogen) atoms. The molecule has 1 N–H and O–H groups in total. The Morgan fingerprint density at radius 3 is 2.33 bits per heavy atom. The van der Waals surface area contributed by atoms with Crippen LogP contribution in [0.5, 0.6) is 0 Å². The number of rotatable bonds is 4. The summed E-state index contributed by atoms with van der Waals surface area (Å²) in [4.78, 5) is 19.4. The molecule has 5 heteroatoms. The highest BCUT2D eigenvalue weighted by Gasteiger charge is 1.94. The van der Waals surface area contributed by atoms with E-state index in [1.54, 1.807) is 0 Å². The summed E-state index contributed by atoms with van der Waals surface area (Å²) in [6, 6.07) is 0. The van der Waals surface area contributed by atoms with Gasteiger partial charge in [0.1, 0.15) is 0 Å². The minimum Gasteiger partial charge on any atom is -0.549 e. The second-order valence-electron chi connectivity index (χ2n) is 1.26. The first-order chi connectivity index (χ1) is 4.13. The van der Waals surface area contributed by atoms with Gasteiger partial charge < -0.3 is 15.0 Å². The van der Waals surface area contributed by atoms with E-state index in [-0.39, 0.29) is 11.5 Å². The van der Waals surface area contributed by atoms with Crippen molar-refractivity contribution in [1.82, 2.24) is 0 Å². The number of hydrogen-bond donors (Lipinski definition) is 1. The lowest BCUT2D eigenvalue weighted by atomic mass is 10.8. The van der Waals surface area contributed by atoms with Crippen molar-refractivity contribution in [3.8, 4) is 0 Å². The van der Waals surface area contributed by atoms with Crippen molar-refractivity contribution in [2.24, 2.45) is 0 Å². The average Bonchev–Trinajstić information content (AvgIpc) is 1.63. The third kappa shape index (κ3) is 7.29. The molecule has 0 aliphatic carbocycles. The third-order valence-corrected chi connectivity index (χ3v) is 1.34. The van der Waals surface area contributed by atoms with E-state index in [2.05, 4.69) is 0 Å². The lowest BCUT2D eigenvalue weighted by Crippen LogP contribution is -2.24. The first-order valence-corrected chi connectivity index (χ1v) is 3.28. The monoisotopic (exact) mass is 149 g/mol. The molecule has 0 aromatic carbocycles. The quantitative estimate of drug-likeness (QED) is 0.529. The highest BCUT2D eigenvalue weighted by molar-refractivity contribution is 8.00. The van der Waals surface area contributed by atoms with Crippen LogP contribution >= 0.6 is 11.8 Å². The molecule has 0 aliphatic rings. The van der Waals surface area contributed by atoms with Gasteiger partial charge in [0.05, 0.1) is 11.7 Å². The summed E-state index contributed by atoms with van der Waals surface area (Å²) in [7, 11) is 0. The van der Waals surface area contributed by atoms with E-state index in [1.807, 2.05) is 0 Å². The highest BCUT2D eigenvalue weighted by atomic mass is 32.2. The SMILES string of the molecule is O=C([O-])CSCC(=O)O. The molecule has 0 radical (unpaired) electrons. The Morgan fingerprint density at radius 2 is 2.00 bits per heavy atom. The Hall–Kier alpha value is -0.710. The predicted octanol–water partition coefficient (Wildman–Crippen LogP) is -1.45. The molecule has 0 aliphatic heterocycles. The number of aliphatic carboxylic acids is 2. The van der Waals surface area contributed by atoms with Crippen LogP contribution < -0.4 is 5.11 Å². The van der Waals surface area contributed by atoms with Crippen LogP contribution in [0.1, 0.15) is 0 Å². The zero-order valence-electron chi connectivity index (χ0n) is 4.49. The Morgan fingerprint density at radius 1 is 1.44 bits per heavy atom. The van der Waals surface area contributed by atoms with Crippen molar-refractivity contribution in [1.29, 1.82) is 0 Å². The third-order valence-electron chi connectivity index (χ3n) is 0.445. The lowest BCUT2D eigenvalue weighted by molar-refractivity contribution is -0.301. The van der Waals surface area contributed by atoms with Crippen molar-refractivity contribution in [2.75, 3.05) is 11.5 Å². The van der Waals surface area contributed by atoms with E-state index in [4.69, 9.17) is 5.11 Å². The summed E-state index contributed by atoms with van der Waals surface area (Å²) in [5, 5.41) is 17.6. The van der Waals surface area contributed by atoms with Gasteiger partial charge in [0, 0.05) is 5.75 Å². The predicted molar refractivity (Wildman–Crippen MR) is 30.0 cm³/mol. The van der Waals surface area contributed by atoms with Crippen molar-refractivity contribution in [3.05, 3.63) is 0 Å². The van der Waals surface area contributed by atoms with Crippen LogP contribution in [0.25, 0.3) is 0 Å². The minimum atomic E-state index is -1.23. The Labute approximate surface area is 55.9 Å². The van der Waals surface area contributed by atoms with Crippen molar-refractivity contribution in [3.63, 3.8) is 0 Å². The zero-order valence-corrected chi connectivity index (χ0v) is 5.31. The molecule has 0 fully saturated rings. The molecule has 0 heterocycles. The first-order valence-electron chi connectivity index (χ1n) is 2.12. The summed E-state index contributed by atoms with van der Waals surface area (Å²) in [6.07, 6.45) is 0. The number of carboxylic acids is 2. The topological polar surface area (TPSA) is 77.4 Å². The molecule has 0 saturated carbocycles. The largest absolute Gasteiger partial charge is 0.549 e. The molecule has 0 aromatic heterocycles. The molecule has 0 saturated heterocycles. The lowest BCUT2D eigenvalue weighted by Gasteiger charge is -1.96. The van der Waals surface area contributed by atoms with Gasteiger partial charge >= 0.3 is 5.97 Å². The van der Waals surface area contributed by atoms with Crippen LogP contribution in [0, 0.1) is 0 Å². The van der Waals surface area contributed by atoms with Crippen LogP contribution in [0.15, 0.2) is 0 Å². The molecule has 4 nitrogen and oxygen atoms in total.